The molecule has 0 atom stereocenters. The van der Waals surface area contributed by atoms with Gasteiger partial charge in [0.1, 0.15) is 0 Å². The summed E-state index contributed by atoms with van der Waals surface area (Å²) in [6.45, 7) is 4.50. The lowest BCUT2D eigenvalue weighted by Crippen LogP contribution is -2.25. The normalized spacial score (nSPS) is 23.8. The van der Waals surface area contributed by atoms with Crippen LogP contribution >= 0.6 is 0 Å². The smallest absolute Gasteiger partial charge is 0.0689 e. The Labute approximate surface area is 149 Å². The molecule has 0 saturated heterocycles. The molecule has 1 nitrogen and oxygen atoms in total. The first-order valence-corrected chi connectivity index (χ1v) is 10.2. The van der Waals surface area contributed by atoms with E-state index in [2.05, 4.69) is 44.2 Å². The average molecular weight is 326 g/mol. The largest absolute Gasteiger partial charge is 0.198 e. The minimum absolute atomic E-state index is 0.0225. The number of hydrogen-bond donors (Lipinski definition) is 0. The first-order chi connectivity index (χ1) is 11.7. The molecule has 0 unspecified atom stereocenters. The SMILES string of the molecule is CCCCCCC1(C#N)CCC(c2ccc(CCCC)cc2)CC1. The van der Waals surface area contributed by atoms with Crippen molar-refractivity contribution in [3.05, 3.63) is 35.4 Å². The summed E-state index contributed by atoms with van der Waals surface area (Å²) in [7, 11) is 0. The van der Waals surface area contributed by atoms with Crippen molar-refractivity contribution in [1.82, 2.24) is 0 Å². The number of benzene rings is 1. The molecule has 0 N–H and O–H groups in total. The summed E-state index contributed by atoms with van der Waals surface area (Å²) in [6.07, 6.45) is 14.6. The molecule has 1 heteroatoms. The standard InChI is InChI=1S/C23H35N/c1-3-5-7-8-16-23(19-24)17-14-22(15-18-23)21-12-10-20(11-13-21)9-6-4-2/h10-13,22H,3-9,14-18H2,1-2H3. The molecule has 132 valence electrons. The van der Waals surface area contributed by atoms with E-state index in [1.54, 1.807) is 0 Å². The van der Waals surface area contributed by atoms with Crippen LogP contribution in [0.2, 0.25) is 0 Å². The summed E-state index contributed by atoms with van der Waals surface area (Å²) in [5.41, 5.74) is 2.94. The second-order valence-corrected chi connectivity index (χ2v) is 7.82. The maximum atomic E-state index is 9.72. The van der Waals surface area contributed by atoms with Crippen LogP contribution in [0.15, 0.2) is 24.3 Å². The third-order valence-corrected chi connectivity index (χ3v) is 5.96. The highest BCUT2D eigenvalue weighted by atomic mass is 14.4. The van der Waals surface area contributed by atoms with Crippen LogP contribution in [0, 0.1) is 16.7 Å². The summed E-state index contributed by atoms with van der Waals surface area (Å²) in [5.74, 6) is 0.669. The molecule has 1 aliphatic carbocycles. The van der Waals surface area contributed by atoms with Crippen molar-refractivity contribution in [3.8, 4) is 6.07 Å². The first-order valence-electron chi connectivity index (χ1n) is 10.2. The predicted octanol–water partition coefficient (Wildman–Crippen LogP) is 7.17. The van der Waals surface area contributed by atoms with Crippen molar-refractivity contribution >= 4 is 0 Å². The Hall–Kier alpha value is -1.29. The van der Waals surface area contributed by atoms with Crippen molar-refractivity contribution in [2.24, 2.45) is 5.41 Å². The van der Waals surface area contributed by atoms with Crippen molar-refractivity contribution in [3.63, 3.8) is 0 Å². The molecule has 0 radical (unpaired) electrons. The fraction of sp³-hybridized carbons (Fsp3) is 0.696. The molecule has 1 aromatic rings. The number of aryl methyl sites for hydroxylation is 1. The van der Waals surface area contributed by atoms with Crippen molar-refractivity contribution < 1.29 is 0 Å². The maximum Gasteiger partial charge on any atom is 0.0689 e. The van der Waals surface area contributed by atoms with Crippen molar-refractivity contribution in [2.75, 3.05) is 0 Å². The third-order valence-electron chi connectivity index (χ3n) is 5.96. The predicted molar refractivity (Wildman–Crippen MR) is 103 cm³/mol. The van der Waals surface area contributed by atoms with E-state index in [9.17, 15) is 5.26 Å². The van der Waals surface area contributed by atoms with Gasteiger partial charge in [-0.05, 0) is 62.0 Å². The van der Waals surface area contributed by atoms with Crippen LogP contribution in [0.1, 0.15) is 102 Å². The van der Waals surface area contributed by atoms with E-state index in [1.807, 2.05) is 0 Å². The topological polar surface area (TPSA) is 23.8 Å². The molecule has 1 aromatic carbocycles. The number of hydrogen-bond acceptors (Lipinski definition) is 1. The molecule has 1 saturated carbocycles. The summed E-state index contributed by atoms with van der Waals surface area (Å²) in [6, 6.07) is 12.0. The summed E-state index contributed by atoms with van der Waals surface area (Å²) >= 11 is 0. The molecule has 0 spiro atoms. The van der Waals surface area contributed by atoms with E-state index in [4.69, 9.17) is 0 Å². The highest BCUT2D eigenvalue weighted by Gasteiger charge is 2.35. The highest BCUT2D eigenvalue weighted by molar-refractivity contribution is 5.26. The molecule has 0 amide bonds. The zero-order valence-corrected chi connectivity index (χ0v) is 15.8. The van der Waals surface area contributed by atoms with Crippen LogP contribution in [0.25, 0.3) is 0 Å². The zero-order valence-electron chi connectivity index (χ0n) is 15.8. The molecule has 1 aliphatic rings. The number of rotatable bonds is 9. The summed E-state index contributed by atoms with van der Waals surface area (Å²) in [4.78, 5) is 0. The number of nitrogens with zero attached hydrogens (tertiary/aromatic N) is 1. The van der Waals surface area contributed by atoms with Crippen LogP contribution in [0.3, 0.4) is 0 Å². The van der Waals surface area contributed by atoms with Crippen LogP contribution < -0.4 is 0 Å². The molecule has 0 aliphatic heterocycles. The van der Waals surface area contributed by atoms with E-state index in [1.165, 1.54) is 68.9 Å². The Bertz CT molecular complexity index is 500. The van der Waals surface area contributed by atoms with Gasteiger partial charge in [0.25, 0.3) is 0 Å². The zero-order chi connectivity index (χ0) is 17.3. The lowest BCUT2D eigenvalue weighted by Gasteiger charge is -2.35. The maximum absolute atomic E-state index is 9.72. The highest BCUT2D eigenvalue weighted by Crippen LogP contribution is 2.45. The Morgan fingerprint density at radius 2 is 1.62 bits per heavy atom. The molecular weight excluding hydrogens is 290 g/mol. The first kappa shape index (κ1) is 19.0. The van der Waals surface area contributed by atoms with Crippen LogP contribution in [0.5, 0.6) is 0 Å². The third kappa shape index (κ3) is 5.37. The van der Waals surface area contributed by atoms with Gasteiger partial charge in [0.05, 0.1) is 11.5 Å². The lowest BCUT2D eigenvalue weighted by atomic mass is 9.67. The minimum atomic E-state index is -0.0225. The summed E-state index contributed by atoms with van der Waals surface area (Å²) in [5, 5.41) is 9.72. The molecule has 2 rings (SSSR count). The Kier molecular flexibility index (Phi) is 7.83. The van der Waals surface area contributed by atoms with Crippen LogP contribution in [-0.4, -0.2) is 0 Å². The molecule has 0 bridgehead atoms. The van der Waals surface area contributed by atoms with Gasteiger partial charge in [0.15, 0.2) is 0 Å². The van der Waals surface area contributed by atoms with E-state index in [0.29, 0.717) is 5.92 Å². The van der Waals surface area contributed by atoms with E-state index in [0.717, 1.165) is 19.3 Å². The Morgan fingerprint density at radius 1 is 0.958 bits per heavy atom. The molecule has 0 heterocycles. The fourth-order valence-corrected chi connectivity index (χ4v) is 4.15. The second-order valence-electron chi connectivity index (χ2n) is 7.82. The van der Waals surface area contributed by atoms with E-state index in [-0.39, 0.29) is 5.41 Å². The van der Waals surface area contributed by atoms with Gasteiger partial charge in [-0.3, -0.25) is 0 Å². The second kappa shape index (κ2) is 9.87. The number of unbranched alkanes of at least 4 members (excludes halogenated alkanes) is 4. The molecule has 1 fully saturated rings. The van der Waals surface area contributed by atoms with Gasteiger partial charge in [-0.1, -0.05) is 70.2 Å². The van der Waals surface area contributed by atoms with Gasteiger partial charge in [0.2, 0.25) is 0 Å². The van der Waals surface area contributed by atoms with Crippen molar-refractivity contribution in [2.45, 2.75) is 96.8 Å². The van der Waals surface area contributed by atoms with Crippen LogP contribution in [0.4, 0.5) is 0 Å². The molecular formula is C23H35N. The van der Waals surface area contributed by atoms with Gasteiger partial charge < -0.3 is 0 Å². The number of nitriles is 1. The van der Waals surface area contributed by atoms with Crippen LogP contribution in [-0.2, 0) is 6.42 Å². The van der Waals surface area contributed by atoms with Gasteiger partial charge in [0, 0.05) is 0 Å². The quantitative estimate of drug-likeness (QED) is 0.441. The van der Waals surface area contributed by atoms with Gasteiger partial charge in [-0.25, -0.2) is 0 Å². The average Bonchev–Trinajstić information content (AvgIpc) is 2.64. The van der Waals surface area contributed by atoms with Gasteiger partial charge >= 0.3 is 0 Å². The molecule has 24 heavy (non-hydrogen) atoms. The minimum Gasteiger partial charge on any atom is -0.198 e. The van der Waals surface area contributed by atoms with Gasteiger partial charge in [-0.15, -0.1) is 0 Å². The monoisotopic (exact) mass is 325 g/mol. The van der Waals surface area contributed by atoms with Crippen molar-refractivity contribution in [1.29, 1.82) is 5.26 Å². The molecule has 0 aromatic heterocycles. The van der Waals surface area contributed by atoms with E-state index < -0.39 is 0 Å². The fourth-order valence-electron chi connectivity index (χ4n) is 4.15. The Balaban J connectivity index is 1.85. The summed E-state index contributed by atoms with van der Waals surface area (Å²) < 4.78 is 0. The van der Waals surface area contributed by atoms with E-state index >= 15 is 0 Å². The lowest BCUT2D eigenvalue weighted by molar-refractivity contribution is 0.223. The Morgan fingerprint density at radius 3 is 2.21 bits per heavy atom. The van der Waals surface area contributed by atoms with Gasteiger partial charge in [-0.2, -0.15) is 5.26 Å².